The third-order valence-corrected chi connectivity index (χ3v) is 4.54. The van der Waals surface area contributed by atoms with Gasteiger partial charge in [-0.3, -0.25) is 4.31 Å². The van der Waals surface area contributed by atoms with E-state index in [9.17, 15) is 12.8 Å². The van der Waals surface area contributed by atoms with Gasteiger partial charge in [0.1, 0.15) is 5.82 Å². The first-order valence-electron chi connectivity index (χ1n) is 5.52. The molecule has 0 saturated heterocycles. The molecule has 0 aromatic heterocycles. The molecular weight excluding hydrogens is 267 g/mol. The van der Waals surface area contributed by atoms with E-state index in [1.165, 1.54) is 31.3 Å². The number of benzene rings is 2. The van der Waals surface area contributed by atoms with Gasteiger partial charge in [0.25, 0.3) is 10.0 Å². The van der Waals surface area contributed by atoms with Crippen LogP contribution >= 0.6 is 0 Å². The third-order valence-electron chi connectivity index (χ3n) is 2.74. The number of nitrogens with zero attached hydrogens (tertiary/aromatic N) is 1. The summed E-state index contributed by atoms with van der Waals surface area (Å²) in [5, 5.41) is 0. The Morgan fingerprint density at radius 1 is 1.11 bits per heavy atom. The van der Waals surface area contributed by atoms with E-state index in [1.54, 1.807) is 18.2 Å². The summed E-state index contributed by atoms with van der Waals surface area (Å²) in [7, 11) is -2.27. The lowest BCUT2D eigenvalue weighted by Crippen LogP contribution is -2.26. The summed E-state index contributed by atoms with van der Waals surface area (Å²) in [6.45, 7) is 0. The van der Waals surface area contributed by atoms with Crippen LogP contribution in [0.3, 0.4) is 0 Å². The second kappa shape index (κ2) is 4.89. The highest BCUT2D eigenvalue weighted by atomic mass is 32.2. The fourth-order valence-corrected chi connectivity index (χ4v) is 2.82. The van der Waals surface area contributed by atoms with Gasteiger partial charge in [-0.05, 0) is 30.3 Å². The number of hydrogen-bond acceptors (Lipinski definition) is 3. The van der Waals surface area contributed by atoms with E-state index in [0.29, 0.717) is 5.69 Å². The molecule has 2 N–H and O–H groups in total. The van der Waals surface area contributed by atoms with Crippen LogP contribution in [0.4, 0.5) is 15.8 Å². The van der Waals surface area contributed by atoms with Crippen LogP contribution in [0.5, 0.6) is 0 Å². The smallest absolute Gasteiger partial charge is 0.264 e. The van der Waals surface area contributed by atoms with Gasteiger partial charge in [-0.15, -0.1) is 0 Å². The van der Waals surface area contributed by atoms with Gasteiger partial charge in [0, 0.05) is 7.05 Å². The van der Waals surface area contributed by atoms with E-state index in [-0.39, 0.29) is 10.6 Å². The SMILES string of the molecule is CN(c1ccc(F)c(N)c1)S(=O)(=O)c1ccccc1. The Morgan fingerprint density at radius 2 is 1.74 bits per heavy atom. The largest absolute Gasteiger partial charge is 0.396 e. The first-order valence-corrected chi connectivity index (χ1v) is 6.96. The predicted molar refractivity (Wildman–Crippen MR) is 72.8 cm³/mol. The van der Waals surface area contributed by atoms with Crippen molar-refractivity contribution >= 4 is 21.4 Å². The molecule has 0 heterocycles. The maximum Gasteiger partial charge on any atom is 0.264 e. The standard InChI is InChI=1S/C13H13FN2O2S/c1-16(10-7-8-12(14)13(15)9-10)19(17,18)11-5-3-2-4-6-11/h2-9H,15H2,1H3. The van der Waals surface area contributed by atoms with Gasteiger partial charge in [-0.2, -0.15) is 0 Å². The summed E-state index contributed by atoms with van der Waals surface area (Å²) in [6.07, 6.45) is 0. The molecule has 6 heteroatoms. The zero-order chi connectivity index (χ0) is 14.0. The molecule has 0 spiro atoms. The molecule has 2 rings (SSSR count). The van der Waals surface area contributed by atoms with Crippen LogP contribution < -0.4 is 10.0 Å². The molecule has 0 bridgehead atoms. The molecule has 0 aliphatic heterocycles. The third kappa shape index (κ3) is 2.53. The van der Waals surface area contributed by atoms with Crippen molar-refractivity contribution in [2.24, 2.45) is 0 Å². The minimum atomic E-state index is -3.67. The van der Waals surface area contributed by atoms with Gasteiger partial charge in [0.15, 0.2) is 0 Å². The average Bonchev–Trinajstić information content (AvgIpc) is 2.42. The molecule has 0 amide bonds. The number of nitrogens with two attached hydrogens (primary N) is 1. The quantitative estimate of drug-likeness (QED) is 0.877. The molecular formula is C13H13FN2O2S. The van der Waals surface area contributed by atoms with E-state index in [4.69, 9.17) is 5.73 Å². The van der Waals surface area contributed by atoms with Crippen LogP contribution in [0.15, 0.2) is 53.4 Å². The van der Waals surface area contributed by atoms with E-state index in [1.807, 2.05) is 0 Å². The van der Waals surface area contributed by atoms with Crippen LogP contribution in [0.1, 0.15) is 0 Å². The van der Waals surface area contributed by atoms with Gasteiger partial charge in [0.05, 0.1) is 16.3 Å². The zero-order valence-electron chi connectivity index (χ0n) is 10.2. The fraction of sp³-hybridized carbons (Fsp3) is 0.0769. The molecule has 0 aliphatic carbocycles. The van der Waals surface area contributed by atoms with Crippen molar-refractivity contribution in [3.63, 3.8) is 0 Å². The number of hydrogen-bond donors (Lipinski definition) is 1. The number of nitrogen functional groups attached to an aromatic ring is 1. The topological polar surface area (TPSA) is 63.4 Å². The number of rotatable bonds is 3. The molecule has 100 valence electrons. The van der Waals surface area contributed by atoms with Crippen LogP contribution in [-0.4, -0.2) is 15.5 Å². The van der Waals surface area contributed by atoms with Gasteiger partial charge < -0.3 is 5.73 Å². The van der Waals surface area contributed by atoms with Crippen molar-refractivity contribution in [3.05, 3.63) is 54.3 Å². The lowest BCUT2D eigenvalue weighted by molar-refractivity contribution is 0.594. The second-order valence-electron chi connectivity index (χ2n) is 3.99. The highest BCUT2D eigenvalue weighted by Crippen LogP contribution is 2.24. The molecule has 4 nitrogen and oxygen atoms in total. The van der Waals surface area contributed by atoms with E-state index < -0.39 is 15.8 Å². The minimum Gasteiger partial charge on any atom is -0.396 e. The lowest BCUT2D eigenvalue weighted by Gasteiger charge is -2.19. The summed E-state index contributed by atoms with van der Waals surface area (Å²) >= 11 is 0. The molecule has 0 saturated carbocycles. The van der Waals surface area contributed by atoms with E-state index in [0.717, 1.165) is 10.4 Å². The molecule has 19 heavy (non-hydrogen) atoms. The van der Waals surface area contributed by atoms with Crippen LogP contribution in [-0.2, 0) is 10.0 Å². The maximum absolute atomic E-state index is 13.1. The Morgan fingerprint density at radius 3 is 2.32 bits per heavy atom. The molecule has 0 atom stereocenters. The highest BCUT2D eigenvalue weighted by molar-refractivity contribution is 7.92. The predicted octanol–water partition coefficient (Wildman–Crippen LogP) is 2.23. The molecule has 0 fully saturated rings. The van der Waals surface area contributed by atoms with Crippen LogP contribution in [0.25, 0.3) is 0 Å². The Balaban J connectivity index is 2.44. The zero-order valence-corrected chi connectivity index (χ0v) is 11.1. The van der Waals surface area contributed by atoms with Crippen molar-refractivity contribution in [2.45, 2.75) is 4.90 Å². The lowest BCUT2D eigenvalue weighted by atomic mass is 10.3. The van der Waals surface area contributed by atoms with Crippen LogP contribution in [0.2, 0.25) is 0 Å². The summed E-state index contributed by atoms with van der Waals surface area (Å²) in [4.78, 5) is 0.167. The number of sulfonamides is 1. The Kier molecular flexibility index (Phi) is 3.44. The van der Waals surface area contributed by atoms with Crippen molar-refractivity contribution in [3.8, 4) is 0 Å². The molecule has 0 radical (unpaired) electrons. The van der Waals surface area contributed by atoms with Crippen molar-refractivity contribution in [1.82, 2.24) is 0 Å². The van der Waals surface area contributed by atoms with Gasteiger partial charge in [0.2, 0.25) is 0 Å². The number of halogens is 1. The first kappa shape index (κ1) is 13.4. The Hall–Kier alpha value is -2.08. The maximum atomic E-state index is 13.1. The van der Waals surface area contributed by atoms with Gasteiger partial charge in [-0.25, -0.2) is 12.8 Å². The summed E-state index contributed by atoms with van der Waals surface area (Å²) in [6, 6.07) is 11.8. The number of anilines is 2. The first-order chi connectivity index (χ1) is 8.93. The minimum absolute atomic E-state index is 0.0902. The van der Waals surface area contributed by atoms with Gasteiger partial charge in [-0.1, -0.05) is 18.2 Å². The average molecular weight is 280 g/mol. The van der Waals surface area contributed by atoms with Crippen molar-refractivity contribution in [1.29, 1.82) is 0 Å². The highest BCUT2D eigenvalue weighted by Gasteiger charge is 2.21. The summed E-state index contributed by atoms with van der Waals surface area (Å²) in [5.41, 5.74) is 5.66. The monoisotopic (exact) mass is 280 g/mol. The molecule has 0 unspecified atom stereocenters. The Labute approximate surface area is 111 Å². The Bertz CT molecular complexity index is 687. The molecule has 0 aliphatic rings. The fourth-order valence-electron chi connectivity index (χ4n) is 1.62. The molecule has 2 aromatic rings. The van der Waals surface area contributed by atoms with Crippen molar-refractivity contribution in [2.75, 3.05) is 17.1 Å². The van der Waals surface area contributed by atoms with Gasteiger partial charge >= 0.3 is 0 Å². The van der Waals surface area contributed by atoms with Crippen molar-refractivity contribution < 1.29 is 12.8 Å². The van der Waals surface area contributed by atoms with Crippen LogP contribution in [0, 0.1) is 5.82 Å². The summed E-state index contributed by atoms with van der Waals surface area (Å²) in [5.74, 6) is -0.575. The van der Waals surface area contributed by atoms with E-state index in [2.05, 4.69) is 0 Å². The summed E-state index contributed by atoms with van der Waals surface area (Å²) < 4.78 is 38.8. The normalized spacial score (nSPS) is 11.3. The second-order valence-corrected chi connectivity index (χ2v) is 5.96. The molecule has 2 aromatic carbocycles. The van der Waals surface area contributed by atoms with E-state index >= 15 is 0 Å².